The Kier molecular flexibility index (Phi) is 8.49. The van der Waals surface area contributed by atoms with Crippen LogP contribution in [0.5, 0.6) is 0 Å². The normalized spacial score (nSPS) is 20.9. The third kappa shape index (κ3) is 5.70. The Morgan fingerprint density at radius 1 is 1.38 bits per heavy atom. The van der Waals surface area contributed by atoms with Crippen LogP contribution in [0.3, 0.4) is 0 Å². The van der Waals surface area contributed by atoms with Crippen molar-refractivity contribution < 1.29 is 4.79 Å². The molecule has 1 fully saturated rings. The van der Waals surface area contributed by atoms with Gasteiger partial charge in [0, 0.05) is 23.1 Å². The summed E-state index contributed by atoms with van der Waals surface area (Å²) in [6.07, 6.45) is 3.88. The minimum absolute atomic E-state index is 0. The van der Waals surface area contributed by atoms with E-state index in [0.717, 1.165) is 28.5 Å². The van der Waals surface area contributed by atoms with Gasteiger partial charge in [0.05, 0.1) is 5.02 Å². The number of carbonyl (C=O) groups is 1. The summed E-state index contributed by atoms with van der Waals surface area (Å²) in [6, 6.07) is 7.99. The number of hydrogen-bond acceptors (Lipinski definition) is 3. The lowest BCUT2D eigenvalue weighted by Crippen LogP contribution is -2.39. The van der Waals surface area contributed by atoms with Gasteiger partial charge in [0.25, 0.3) is 0 Å². The van der Waals surface area contributed by atoms with Crippen LogP contribution >= 0.6 is 35.8 Å². The molecule has 118 valence electrons. The van der Waals surface area contributed by atoms with E-state index in [-0.39, 0.29) is 24.4 Å². The van der Waals surface area contributed by atoms with E-state index in [0.29, 0.717) is 18.9 Å². The highest BCUT2D eigenvalue weighted by atomic mass is 35.5. The zero-order valence-corrected chi connectivity index (χ0v) is 14.3. The quantitative estimate of drug-likeness (QED) is 0.773. The van der Waals surface area contributed by atoms with Crippen molar-refractivity contribution in [2.24, 2.45) is 11.7 Å². The minimum Gasteiger partial charge on any atom is -0.353 e. The molecular weight excluding hydrogens is 327 g/mol. The molecule has 1 amide bonds. The van der Waals surface area contributed by atoms with Crippen LogP contribution in [-0.4, -0.2) is 24.2 Å². The van der Waals surface area contributed by atoms with E-state index < -0.39 is 0 Å². The predicted molar refractivity (Wildman–Crippen MR) is 92.4 cm³/mol. The zero-order valence-electron chi connectivity index (χ0n) is 11.9. The Balaban J connectivity index is 0.00000220. The summed E-state index contributed by atoms with van der Waals surface area (Å²) in [5.41, 5.74) is 5.72. The van der Waals surface area contributed by atoms with E-state index in [2.05, 4.69) is 5.32 Å². The molecule has 1 aliphatic rings. The van der Waals surface area contributed by atoms with E-state index >= 15 is 0 Å². The molecule has 1 aromatic rings. The molecule has 3 nitrogen and oxygen atoms in total. The van der Waals surface area contributed by atoms with Crippen LogP contribution in [0.25, 0.3) is 0 Å². The molecule has 3 N–H and O–H groups in total. The fourth-order valence-corrected chi connectivity index (χ4v) is 3.79. The molecule has 2 atom stereocenters. The first kappa shape index (κ1) is 18.6. The fourth-order valence-electron chi connectivity index (χ4n) is 2.60. The summed E-state index contributed by atoms with van der Waals surface area (Å²) < 4.78 is 0. The standard InChI is InChI=1S/C15H21ClN2OS.ClH/c16-12-5-1-2-7-14(12)20-9-8-15(19)18-13-6-3-4-11(13)10-17;/h1-2,5,7,11,13H,3-4,6,8-10,17H2,(H,18,19);1H. The van der Waals surface area contributed by atoms with Gasteiger partial charge in [0.1, 0.15) is 0 Å². The molecule has 0 radical (unpaired) electrons. The summed E-state index contributed by atoms with van der Waals surface area (Å²) in [5.74, 6) is 1.32. The maximum Gasteiger partial charge on any atom is 0.221 e. The first-order chi connectivity index (χ1) is 9.70. The Bertz CT molecular complexity index is 459. The average molecular weight is 349 g/mol. The van der Waals surface area contributed by atoms with Crippen LogP contribution in [-0.2, 0) is 4.79 Å². The molecule has 0 aliphatic heterocycles. The lowest BCUT2D eigenvalue weighted by atomic mass is 10.0. The van der Waals surface area contributed by atoms with Crippen LogP contribution in [0.1, 0.15) is 25.7 Å². The van der Waals surface area contributed by atoms with Gasteiger partial charge in [-0.3, -0.25) is 4.79 Å². The van der Waals surface area contributed by atoms with Crippen molar-refractivity contribution in [2.45, 2.75) is 36.6 Å². The molecule has 6 heteroatoms. The van der Waals surface area contributed by atoms with Crippen molar-refractivity contribution in [3.63, 3.8) is 0 Å². The van der Waals surface area contributed by atoms with Crippen LogP contribution < -0.4 is 11.1 Å². The van der Waals surface area contributed by atoms with Crippen LogP contribution in [0, 0.1) is 5.92 Å². The van der Waals surface area contributed by atoms with Gasteiger partial charge in [-0.15, -0.1) is 24.2 Å². The van der Waals surface area contributed by atoms with Gasteiger partial charge in [-0.1, -0.05) is 30.2 Å². The highest BCUT2D eigenvalue weighted by Crippen LogP contribution is 2.27. The number of nitrogens with two attached hydrogens (primary N) is 1. The van der Waals surface area contributed by atoms with E-state index in [4.69, 9.17) is 17.3 Å². The molecule has 0 heterocycles. The molecule has 1 aromatic carbocycles. The number of halogens is 2. The summed E-state index contributed by atoms with van der Waals surface area (Å²) >= 11 is 7.70. The number of nitrogens with one attached hydrogen (secondary N) is 1. The highest BCUT2D eigenvalue weighted by Gasteiger charge is 2.26. The number of hydrogen-bond donors (Lipinski definition) is 2. The smallest absolute Gasteiger partial charge is 0.221 e. The predicted octanol–water partition coefficient (Wildman–Crippen LogP) is 3.49. The lowest BCUT2D eigenvalue weighted by molar-refractivity contribution is -0.121. The van der Waals surface area contributed by atoms with Gasteiger partial charge in [-0.2, -0.15) is 0 Å². The third-order valence-electron chi connectivity index (χ3n) is 3.73. The molecule has 0 bridgehead atoms. The maximum absolute atomic E-state index is 11.9. The number of rotatable bonds is 6. The molecule has 1 saturated carbocycles. The number of thioether (sulfide) groups is 1. The van der Waals surface area contributed by atoms with Crippen LogP contribution in [0.15, 0.2) is 29.2 Å². The molecule has 0 aromatic heterocycles. The van der Waals surface area contributed by atoms with E-state index in [9.17, 15) is 4.79 Å². The van der Waals surface area contributed by atoms with Crippen molar-refractivity contribution in [3.8, 4) is 0 Å². The minimum atomic E-state index is 0. The zero-order chi connectivity index (χ0) is 14.4. The third-order valence-corrected chi connectivity index (χ3v) is 5.25. The monoisotopic (exact) mass is 348 g/mol. The molecular formula is C15H22Cl2N2OS. The van der Waals surface area contributed by atoms with Crippen LogP contribution in [0.4, 0.5) is 0 Å². The summed E-state index contributed by atoms with van der Waals surface area (Å²) in [6.45, 7) is 0.666. The molecule has 2 unspecified atom stereocenters. The van der Waals surface area contributed by atoms with Crippen molar-refractivity contribution in [1.29, 1.82) is 0 Å². The molecule has 21 heavy (non-hydrogen) atoms. The Morgan fingerprint density at radius 2 is 2.14 bits per heavy atom. The van der Waals surface area contributed by atoms with Crippen LogP contribution in [0.2, 0.25) is 5.02 Å². The fraction of sp³-hybridized carbons (Fsp3) is 0.533. The first-order valence-corrected chi connectivity index (χ1v) is 8.44. The molecule has 0 spiro atoms. The van der Waals surface area contributed by atoms with E-state index in [1.807, 2.05) is 24.3 Å². The summed E-state index contributed by atoms with van der Waals surface area (Å²) in [4.78, 5) is 13.0. The van der Waals surface area contributed by atoms with Gasteiger partial charge < -0.3 is 11.1 Å². The second-order valence-electron chi connectivity index (χ2n) is 5.13. The highest BCUT2D eigenvalue weighted by molar-refractivity contribution is 7.99. The van der Waals surface area contributed by atoms with Crippen molar-refractivity contribution >= 4 is 41.7 Å². The molecule has 0 saturated heterocycles. The number of benzene rings is 1. The van der Waals surface area contributed by atoms with Gasteiger partial charge in [-0.25, -0.2) is 0 Å². The largest absolute Gasteiger partial charge is 0.353 e. The van der Waals surface area contributed by atoms with E-state index in [1.54, 1.807) is 11.8 Å². The average Bonchev–Trinajstić information content (AvgIpc) is 2.88. The van der Waals surface area contributed by atoms with Crippen molar-refractivity contribution in [1.82, 2.24) is 5.32 Å². The Morgan fingerprint density at radius 3 is 2.86 bits per heavy atom. The van der Waals surface area contributed by atoms with Gasteiger partial charge in [0.2, 0.25) is 5.91 Å². The topological polar surface area (TPSA) is 55.1 Å². The van der Waals surface area contributed by atoms with Crippen molar-refractivity contribution in [2.75, 3.05) is 12.3 Å². The second kappa shape index (κ2) is 9.57. The van der Waals surface area contributed by atoms with Gasteiger partial charge in [0.15, 0.2) is 0 Å². The maximum atomic E-state index is 11.9. The van der Waals surface area contributed by atoms with Gasteiger partial charge >= 0.3 is 0 Å². The summed E-state index contributed by atoms with van der Waals surface area (Å²) in [7, 11) is 0. The SMILES string of the molecule is Cl.NCC1CCCC1NC(=O)CCSc1ccccc1Cl. The van der Waals surface area contributed by atoms with Crippen molar-refractivity contribution in [3.05, 3.63) is 29.3 Å². The second-order valence-corrected chi connectivity index (χ2v) is 6.67. The van der Waals surface area contributed by atoms with E-state index in [1.165, 1.54) is 6.42 Å². The molecule has 1 aliphatic carbocycles. The first-order valence-electron chi connectivity index (χ1n) is 7.07. The number of carbonyl (C=O) groups excluding carboxylic acids is 1. The number of amides is 1. The summed E-state index contributed by atoms with van der Waals surface area (Å²) in [5, 5.41) is 3.86. The Hall–Kier alpha value is -0.420. The molecule has 2 rings (SSSR count). The Labute approximate surface area is 141 Å². The lowest BCUT2D eigenvalue weighted by Gasteiger charge is -2.19. The van der Waals surface area contributed by atoms with Gasteiger partial charge in [-0.05, 0) is 37.4 Å².